The predicted molar refractivity (Wildman–Crippen MR) is 80.1 cm³/mol. The highest BCUT2D eigenvalue weighted by molar-refractivity contribution is 5.56. The number of nitrogens with zero attached hydrogens (tertiary/aromatic N) is 2. The standard InChI is InChI=1S/C16H20FN3/c1-11-7-16(14(12(2)18)8-15(11)17)20(3)10-13-5-4-6-19-9-13/h4-9,12H,10,18H2,1-3H3/t12-/m0/s1. The number of hydrogen-bond donors (Lipinski definition) is 1. The van der Waals surface area contributed by atoms with Crippen LogP contribution in [0.5, 0.6) is 0 Å². The van der Waals surface area contributed by atoms with Gasteiger partial charge in [0.15, 0.2) is 0 Å². The number of pyridine rings is 1. The van der Waals surface area contributed by atoms with Crippen LogP contribution in [0.25, 0.3) is 0 Å². The SMILES string of the molecule is Cc1cc(N(C)Cc2cccnc2)c([C@H](C)N)cc1F. The van der Waals surface area contributed by atoms with E-state index in [1.807, 2.05) is 38.4 Å². The first kappa shape index (κ1) is 14.5. The third kappa shape index (κ3) is 3.14. The summed E-state index contributed by atoms with van der Waals surface area (Å²) >= 11 is 0. The van der Waals surface area contributed by atoms with Crippen LogP contribution in [0, 0.1) is 12.7 Å². The van der Waals surface area contributed by atoms with Crippen LogP contribution in [0.2, 0.25) is 0 Å². The molecule has 1 atom stereocenters. The monoisotopic (exact) mass is 273 g/mol. The van der Waals surface area contributed by atoms with Gasteiger partial charge in [0, 0.05) is 37.7 Å². The molecule has 0 aliphatic heterocycles. The molecule has 2 N–H and O–H groups in total. The first-order valence-corrected chi connectivity index (χ1v) is 6.64. The van der Waals surface area contributed by atoms with Gasteiger partial charge in [-0.2, -0.15) is 0 Å². The van der Waals surface area contributed by atoms with Gasteiger partial charge in [0.1, 0.15) is 5.82 Å². The van der Waals surface area contributed by atoms with E-state index in [2.05, 4.69) is 9.88 Å². The molecule has 0 saturated carbocycles. The van der Waals surface area contributed by atoms with Crippen molar-refractivity contribution in [2.75, 3.05) is 11.9 Å². The van der Waals surface area contributed by atoms with Gasteiger partial charge in [-0.1, -0.05) is 6.07 Å². The van der Waals surface area contributed by atoms with Crippen molar-refractivity contribution in [3.63, 3.8) is 0 Å². The van der Waals surface area contributed by atoms with Crippen molar-refractivity contribution >= 4 is 5.69 Å². The maximum atomic E-state index is 13.7. The van der Waals surface area contributed by atoms with Gasteiger partial charge in [-0.25, -0.2) is 4.39 Å². The fourth-order valence-corrected chi connectivity index (χ4v) is 2.23. The van der Waals surface area contributed by atoms with Crippen molar-refractivity contribution in [1.29, 1.82) is 0 Å². The fourth-order valence-electron chi connectivity index (χ4n) is 2.23. The number of rotatable bonds is 4. The fraction of sp³-hybridized carbons (Fsp3) is 0.312. The molecule has 20 heavy (non-hydrogen) atoms. The molecule has 2 aromatic rings. The minimum absolute atomic E-state index is 0.212. The van der Waals surface area contributed by atoms with Gasteiger partial charge in [-0.05, 0) is 48.7 Å². The molecule has 3 nitrogen and oxygen atoms in total. The molecule has 1 aromatic heterocycles. The van der Waals surface area contributed by atoms with Crippen LogP contribution in [0.4, 0.5) is 10.1 Å². The van der Waals surface area contributed by atoms with E-state index in [0.29, 0.717) is 12.1 Å². The predicted octanol–water partition coefficient (Wildman–Crippen LogP) is 3.19. The van der Waals surface area contributed by atoms with Crippen molar-refractivity contribution in [3.05, 3.63) is 59.2 Å². The molecule has 0 fully saturated rings. The van der Waals surface area contributed by atoms with E-state index in [-0.39, 0.29) is 11.9 Å². The summed E-state index contributed by atoms with van der Waals surface area (Å²) in [6.07, 6.45) is 3.58. The molecule has 0 aliphatic carbocycles. The first-order valence-electron chi connectivity index (χ1n) is 6.64. The Hall–Kier alpha value is -1.94. The lowest BCUT2D eigenvalue weighted by Gasteiger charge is -2.25. The Morgan fingerprint density at radius 1 is 1.40 bits per heavy atom. The number of halogens is 1. The second-order valence-electron chi connectivity index (χ2n) is 5.17. The van der Waals surface area contributed by atoms with Crippen molar-refractivity contribution in [3.8, 4) is 0 Å². The highest BCUT2D eigenvalue weighted by atomic mass is 19.1. The second kappa shape index (κ2) is 6.01. The number of nitrogens with two attached hydrogens (primary N) is 1. The van der Waals surface area contributed by atoms with E-state index in [0.717, 1.165) is 16.8 Å². The summed E-state index contributed by atoms with van der Waals surface area (Å²) in [7, 11) is 1.98. The van der Waals surface area contributed by atoms with Crippen LogP contribution >= 0.6 is 0 Å². The lowest BCUT2D eigenvalue weighted by atomic mass is 10.0. The molecule has 0 aliphatic rings. The number of benzene rings is 1. The average Bonchev–Trinajstić information content (AvgIpc) is 2.42. The third-order valence-corrected chi connectivity index (χ3v) is 3.35. The molecular formula is C16H20FN3. The van der Waals surface area contributed by atoms with Gasteiger partial charge < -0.3 is 10.6 Å². The summed E-state index contributed by atoms with van der Waals surface area (Å²) in [6.45, 7) is 4.34. The van der Waals surface area contributed by atoms with Gasteiger partial charge in [-0.15, -0.1) is 0 Å². The van der Waals surface area contributed by atoms with Gasteiger partial charge in [-0.3, -0.25) is 4.98 Å². The molecule has 2 rings (SSSR count). The van der Waals surface area contributed by atoms with Crippen molar-refractivity contribution in [2.24, 2.45) is 5.73 Å². The minimum atomic E-state index is -0.212. The van der Waals surface area contributed by atoms with Gasteiger partial charge in [0.25, 0.3) is 0 Å². The zero-order valence-corrected chi connectivity index (χ0v) is 12.1. The van der Waals surface area contributed by atoms with Crippen LogP contribution in [-0.4, -0.2) is 12.0 Å². The smallest absolute Gasteiger partial charge is 0.126 e. The Labute approximate surface area is 119 Å². The van der Waals surface area contributed by atoms with Gasteiger partial charge >= 0.3 is 0 Å². The molecule has 106 valence electrons. The minimum Gasteiger partial charge on any atom is -0.370 e. The normalized spacial score (nSPS) is 12.2. The molecule has 0 saturated heterocycles. The van der Waals surface area contributed by atoms with E-state index in [9.17, 15) is 4.39 Å². The molecule has 4 heteroatoms. The van der Waals surface area contributed by atoms with Crippen molar-refractivity contribution < 1.29 is 4.39 Å². The summed E-state index contributed by atoms with van der Waals surface area (Å²) in [6, 6.07) is 7.10. The topological polar surface area (TPSA) is 42.2 Å². The molecular weight excluding hydrogens is 253 g/mol. The van der Waals surface area contributed by atoms with Crippen LogP contribution in [0.15, 0.2) is 36.7 Å². The number of anilines is 1. The average molecular weight is 273 g/mol. The summed E-state index contributed by atoms with van der Waals surface area (Å²) in [5.41, 5.74) is 9.47. The summed E-state index contributed by atoms with van der Waals surface area (Å²) in [4.78, 5) is 6.18. The second-order valence-corrected chi connectivity index (χ2v) is 5.17. The van der Waals surface area contributed by atoms with E-state index in [1.54, 1.807) is 13.1 Å². The highest BCUT2D eigenvalue weighted by Crippen LogP contribution is 2.28. The Bertz CT molecular complexity index is 582. The molecule has 1 heterocycles. The first-order chi connectivity index (χ1) is 9.49. The zero-order chi connectivity index (χ0) is 14.7. The maximum absolute atomic E-state index is 13.7. The molecule has 0 amide bonds. The third-order valence-electron chi connectivity index (χ3n) is 3.35. The van der Waals surface area contributed by atoms with Gasteiger partial charge in [0.2, 0.25) is 0 Å². The molecule has 0 radical (unpaired) electrons. The quantitative estimate of drug-likeness (QED) is 0.930. The van der Waals surface area contributed by atoms with E-state index in [1.165, 1.54) is 6.07 Å². The Morgan fingerprint density at radius 2 is 2.15 bits per heavy atom. The van der Waals surface area contributed by atoms with Crippen LogP contribution in [0.1, 0.15) is 29.7 Å². The molecule has 0 unspecified atom stereocenters. The Morgan fingerprint density at radius 3 is 2.75 bits per heavy atom. The summed E-state index contributed by atoms with van der Waals surface area (Å²) in [5, 5.41) is 0. The largest absolute Gasteiger partial charge is 0.370 e. The van der Waals surface area contributed by atoms with E-state index < -0.39 is 0 Å². The van der Waals surface area contributed by atoms with Crippen LogP contribution in [0.3, 0.4) is 0 Å². The molecule has 1 aromatic carbocycles. The lowest BCUT2D eigenvalue weighted by Crippen LogP contribution is -2.21. The number of aryl methyl sites for hydroxylation is 1. The van der Waals surface area contributed by atoms with Crippen LogP contribution < -0.4 is 10.6 Å². The molecule has 0 bridgehead atoms. The Kier molecular flexibility index (Phi) is 4.35. The van der Waals surface area contributed by atoms with Crippen molar-refractivity contribution in [1.82, 2.24) is 4.98 Å². The van der Waals surface area contributed by atoms with Crippen molar-refractivity contribution in [2.45, 2.75) is 26.4 Å². The molecule has 0 spiro atoms. The van der Waals surface area contributed by atoms with E-state index >= 15 is 0 Å². The van der Waals surface area contributed by atoms with Gasteiger partial charge in [0.05, 0.1) is 0 Å². The Balaban J connectivity index is 2.33. The maximum Gasteiger partial charge on any atom is 0.126 e. The van der Waals surface area contributed by atoms with Crippen LogP contribution in [-0.2, 0) is 6.54 Å². The summed E-state index contributed by atoms with van der Waals surface area (Å²) in [5.74, 6) is -0.212. The zero-order valence-electron chi connectivity index (χ0n) is 12.1. The summed E-state index contributed by atoms with van der Waals surface area (Å²) < 4.78 is 13.7. The number of hydrogen-bond acceptors (Lipinski definition) is 3. The number of aromatic nitrogens is 1. The highest BCUT2D eigenvalue weighted by Gasteiger charge is 2.14. The van der Waals surface area contributed by atoms with E-state index in [4.69, 9.17) is 5.73 Å². The lowest BCUT2D eigenvalue weighted by molar-refractivity contribution is 0.612.